The maximum atomic E-state index is 10.8. The van der Waals surface area contributed by atoms with Gasteiger partial charge in [-0.1, -0.05) is 23.2 Å². The number of hydrogen-bond donors (Lipinski definition) is 1. The van der Waals surface area contributed by atoms with Gasteiger partial charge in [-0.05, 0) is 18.9 Å². The fraction of sp³-hybridized carbons (Fsp3) is 0.333. The van der Waals surface area contributed by atoms with E-state index >= 15 is 0 Å². The Kier molecular flexibility index (Phi) is 2.71. The van der Waals surface area contributed by atoms with Crippen molar-refractivity contribution in [1.29, 1.82) is 0 Å². The number of nitrogens with zero attached hydrogens (tertiary/aromatic N) is 1. The van der Waals surface area contributed by atoms with Gasteiger partial charge in [0.1, 0.15) is 5.69 Å². The maximum Gasteiger partial charge on any atom is 0.293 e. The third-order valence-corrected chi connectivity index (χ3v) is 2.89. The molecule has 1 aromatic carbocycles. The van der Waals surface area contributed by atoms with Crippen LogP contribution < -0.4 is 5.32 Å². The molecule has 2 rings (SSSR count). The van der Waals surface area contributed by atoms with Crippen molar-refractivity contribution in [2.75, 3.05) is 5.32 Å². The van der Waals surface area contributed by atoms with Crippen molar-refractivity contribution in [3.05, 3.63) is 32.3 Å². The number of halogens is 2. The van der Waals surface area contributed by atoms with E-state index in [0.29, 0.717) is 16.8 Å². The van der Waals surface area contributed by atoms with Crippen LogP contribution in [0.5, 0.6) is 0 Å². The highest BCUT2D eigenvalue weighted by atomic mass is 35.5. The summed E-state index contributed by atoms with van der Waals surface area (Å²) >= 11 is 11.5. The number of nitrogens with one attached hydrogen (secondary N) is 1. The molecular formula is C9H8Cl2N2O2. The minimum absolute atomic E-state index is 0.0312. The molecule has 15 heavy (non-hydrogen) atoms. The summed E-state index contributed by atoms with van der Waals surface area (Å²) < 4.78 is 0. The van der Waals surface area contributed by atoms with E-state index in [1.807, 2.05) is 0 Å². The fourth-order valence-electron chi connectivity index (χ4n) is 1.25. The highest BCUT2D eigenvalue weighted by Crippen LogP contribution is 2.36. The summed E-state index contributed by atoms with van der Waals surface area (Å²) in [6.07, 6.45) is 2.08. The van der Waals surface area contributed by atoms with E-state index < -0.39 is 4.92 Å². The maximum absolute atomic E-state index is 10.8. The van der Waals surface area contributed by atoms with Crippen molar-refractivity contribution in [1.82, 2.24) is 0 Å². The molecule has 80 valence electrons. The van der Waals surface area contributed by atoms with Gasteiger partial charge in [0.2, 0.25) is 0 Å². The lowest BCUT2D eigenvalue weighted by molar-refractivity contribution is -0.383. The summed E-state index contributed by atoms with van der Waals surface area (Å²) in [4.78, 5) is 10.3. The zero-order chi connectivity index (χ0) is 11.0. The number of nitro benzene ring substituents is 1. The zero-order valence-electron chi connectivity index (χ0n) is 7.67. The standard InChI is InChI=1S/C9H8Cl2N2O2/c10-6-3-8(12-5-1-2-5)9(13(14)15)4-7(6)11/h3-5,12H,1-2H2. The van der Waals surface area contributed by atoms with Crippen molar-refractivity contribution in [3.63, 3.8) is 0 Å². The Hall–Kier alpha value is -1.00. The molecule has 1 aliphatic carbocycles. The molecule has 6 heteroatoms. The largest absolute Gasteiger partial charge is 0.377 e. The van der Waals surface area contributed by atoms with Gasteiger partial charge in [-0.3, -0.25) is 10.1 Å². The molecule has 1 saturated carbocycles. The Morgan fingerprint density at radius 3 is 2.47 bits per heavy atom. The second-order valence-corrected chi connectivity index (χ2v) is 4.27. The van der Waals surface area contributed by atoms with Gasteiger partial charge in [0.25, 0.3) is 5.69 Å². The Morgan fingerprint density at radius 1 is 1.33 bits per heavy atom. The first-order valence-corrected chi connectivity index (χ1v) is 5.23. The smallest absolute Gasteiger partial charge is 0.293 e. The van der Waals surface area contributed by atoms with Crippen LogP contribution in [0.25, 0.3) is 0 Å². The van der Waals surface area contributed by atoms with Crippen LogP contribution >= 0.6 is 23.2 Å². The molecule has 0 heterocycles. The molecule has 4 nitrogen and oxygen atoms in total. The predicted octanol–water partition coefficient (Wildman–Crippen LogP) is 3.48. The highest BCUT2D eigenvalue weighted by Gasteiger charge is 2.25. The number of benzene rings is 1. The van der Waals surface area contributed by atoms with Crippen molar-refractivity contribution >= 4 is 34.6 Å². The molecule has 1 aliphatic rings. The second kappa shape index (κ2) is 3.87. The summed E-state index contributed by atoms with van der Waals surface area (Å²) in [6, 6.07) is 3.11. The van der Waals surface area contributed by atoms with Crippen LogP contribution in [0.1, 0.15) is 12.8 Å². The lowest BCUT2D eigenvalue weighted by Gasteiger charge is -2.06. The molecule has 0 saturated heterocycles. The van der Waals surface area contributed by atoms with Gasteiger partial charge in [0.15, 0.2) is 0 Å². The second-order valence-electron chi connectivity index (χ2n) is 3.46. The number of nitro groups is 1. The number of rotatable bonds is 3. The normalized spacial score (nSPS) is 15.1. The molecule has 0 aromatic heterocycles. The lowest BCUT2D eigenvalue weighted by Crippen LogP contribution is -2.04. The van der Waals surface area contributed by atoms with E-state index in [1.54, 1.807) is 0 Å². The SMILES string of the molecule is O=[N+]([O-])c1cc(Cl)c(Cl)cc1NC1CC1. The lowest BCUT2D eigenvalue weighted by atomic mass is 10.2. The average Bonchev–Trinajstić information content (AvgIpc) is 2.94. The molecule has 0 spiro atoms. The van der Waals surface area contributed by atoms with E-state index in [1.165, 1.54) is 12.1 Å². The molecule has 0 atom stereocenters. The van der Waals surface area contributed by atoms with Gasteiger partial charge in [-0.25, -0.2) is 0 Å². The van der Waals surface area contributed by atoms with Crippen LogP contribution in [-0.4, -0.2) is 11.0 Å². The van der Waals surface area contributed by atoms with Crippen LogP contribution in [0, 0.1) is 10.1 Å². The predicted molar refractivity (Wildman–Crippen MR) is 59.8 cm³/mol. The third-order valence-electron chi connectivity index (χ3n) is 2.17. The molecule has 0 amide bonds. The van der Waals surface area contributed by atoms with Gasteiger partial charge < -0.3 is 5.32 Å². The van der Waals surface area contributed by atoms with E-state index in [2.05, 4.69) is 5.32 Å². The van der Waals surface area contributed by atoms with Gasteiger partial charge in [-0.15, -0.1) is 0 Å². The van der Waals surface area contributed by atoms with E-state index in [4.69, 9.17) is 23.2 Å². The van der Waals surface area contributed by atoms with E-state index in [-0.39, 0.29) is 10.7 Å². The molecule has 0 radical (unpaired) electrons. The molecule has 0 bridgehead atoms. The average molecular weight is 247 g/mol. The Labute approximate surface area is 96.3 Å². The van der Waals surface area contributed by atoms with Gasteiger partial charge >= 0.3 is 0 Å². The van der Waals surface area contributed by atoms with Crippen molar-refractivity contribution in [3.8, 4) is 0 Å². The van der Waals surface area contributed by atoms with Crippen molar-refractivity contribution in [2.24, 2.45) is 0 Å². The zero-order valence-corrected chi connectivity index (χ0v) is 9.18. The molecular weight excluding hydrogens is 239 g/mol. The summed E-state index contributed by atoms with van der Waals surface area (Å²) in [7, 11) is 0. The minimum Gasteiger partial charge on any atom is -0.377 e. The third kappa shape index (κ3) is 2.33. The van der Waals surface area contributed by atoms with Crippen molar-refractivity contribution < 1.29 is 4.92 Å². The molecule has 0 unspecified atom stereocenters. The fourth-order valence-corrected chi connectivity index (χ4v) is 1.57. The molecule has 0 aliphatic heterocycles. The van der Waals surface area contributed by atoms with Crippen LogP contribution in [0.3, 0.4) is 0 Å². The summed E-state index contributed by atoms with van der Waals surface area (Å²) in [5.74, 6) is 0. The first kappa shape index (κ1) is 10.5. The highest BCUT2D eigenvalue weighted by molar-refractivity contribution is 6.42. The van der Waals surface area contributed by atoms with Gasteiger partial charge in [-0.2, -0.15) is 0 Å². The first-order chi connectivity index (χ1) is 7.08. The van der Waals surface area contributed by atoms with Gasteiger partial charge in [0, 0.05) is 12.1 Å². The summed E-state index contributed by atoms with van der Waals surface area (Å²) in [6.45, 7) is 0. The van der Waals surface area contributed by atoms with Crippen molar-refractivity contribution in [2.45, 2.75) is 18.9 Å². The Balaban J connectivity index is 2.39. The van der Waals surface area contributed by atoms with Crippen LogP contribution in [0.2, 0.25) is 10.0 Å². The van der Waals surface area contributed by atoms with Crippen LogP contribution in [-0.2, 0) is 0 Å². The Morgan fingerprint density at radius 2 is 1.93 bits per heavy atom. The molecule has 1 N–H and O–H groups in total. The van der Waals surface area contributed by atoms with E-state index in [9.17, 15) is 10.1 Å². The molecule has 1 fully saturated rings. The summed E-state index contributed by atoms with van der Waals surface area (Å²) in [5, 5.41) is 14.3. The topological polar surface area (TPSA) is 55.2 Å². The van der Waals surface area contributed by atoms with E-state index in [0.717, 1.165) is 12.8 Å². The monoisotopic (exact) mass is 246 g/mol. The van der Waals surface area contributed by atoms with Crippen LogP contribution in [0.4, 0.5) is 11.4 Å². The van der Waals surface area contributed by atoms with Crippen LogP contribution in [0.15, 0.2) is 12.1 Å². The van der Waals surface area contributed by atoms with Gasteiger partial charge in [0.05, 0.1) is 15.0 Å². The molecule has 1 aromatic rings. The quantitative estimate of drug-likeness (QED) is 0.657. The Bertz CT molecular complexity index is 419. The number of anilines is 1. The summed E-state index contributed by atoms with van der Waals surface area (Å²) in [5.41, 5.74) is 0.410. The minimum atomic E-state index is -0.465. The number of hydrogen-bond acceptors (Lipinski definition) is 3. The first-order valence-electron chi connectivity index (χ1n) is 4.48.